The molecule has 7 nitrogen and oxygen atoms in total. The van der Waals surface area contributed by atoms with Crippen LogP contribution < -0.4 is 15.2 Å². The lowest BCUT2D eigenvalue weighted by molar-refractivity contribution is 0.0767. The molecule has 1 aliphatic heterocycles. The smallest absolute Gasteiger partial charge is 0.258 e. The minimum Gasteiger partial charge on any atom is -0.497 e. The first-order chi connectivity index (χ1) is 15.6. The lowest BCUT2D eigenvalue weighted by Gasteiger charge is -2.15. The second-order valence-corrected chi connectivity index (χ2v) is 7.67. The van der Waals surface area contributed by atoms with Crippen molar-refractivity contribution in [1.82, 2.24) is 14.9 Å². The van der Waals surface area contributed by atoms with Crippen LogP contribution in [0.15, 0.2) is 60.9 Å². The highest BCUT2D eigenvalue weighted by Gasteiger charge is 2.32. The number of nitrogens with zero attached hydrogens (tertiary/aromatic N) is 3. The number of hydrogen-bond acceptors (Lipinski definition) is 6. The summed E-state index contributed by atoms with van der Waals surface area (Å²) in [7, 11) is 3.24. The maximum atomic E-state index is 13.2. The minimum atomic E-state index is -0.101. The van der Waals surface area contributed by atoms with E-state index >= 15 is 0 Å². The molecule has 0 atom stereocenters. The van der Waals surface area contributed by atoms with Gasteiger partial charge in [-0.3, -0.25) is 9.78 Å². The lowest BCUT2D eigenvalue weighted by atomic mass is 10.00. The van der Waals surface area contributed by atoms with Crippen molar-refractivity contribution in [2.75, 3.05) is 20.0 Å². The van der Waals surface area contributed by atoms with Crippen LogP contribution in [0.5, 0.6) is 11.5 Å². The van der Waals surface area contributed by atoms with Crippen LogP contribution in [-0.2, 0) is 13.1 Å². The first kappa shape index (κ1) is 19.8. The fourth-order valence-electron chi connectivity index (χ4n) is 4.12. The summed E-state index contributed by atoms with van der Waals surface area (Å²) in [4.78, 5) is 24.1. The molecule has 0 saturated heterocycles. The number of benzene rings is 2. The lowest BCUT2D eigenvalue weighted by Crippen LogP contribution is -2.23. The average molecular weight is 426 g/mol. The summed E-state index contributed by atoms with van der Waals surface area (Å²) < 4.78 is 10.5. The van der Waals surface area contributed by atoms with Gasteiger partial charge in [0.2, 0.25) is 0 Å². The zero-order valence-corrected chi connectivity index (χ0v) is 17.8. The topological polar surface area (TPSA) is 90.6 Å². The fraction of sp³-hybridized carbons (Fsp3) is 0.160. The third-order valence-electron chi connectivity index (χ3n) is 5.76. The van der Waals surface area contributed by atoms with Gasteiger partial charge in [0.05, 0.1) is 49.4 Å². The maximum absolute atomic E-state index is 13.2. The number of carbonyl (C=O) groups excluding carboxylic acids is 1. The zero-order valence-electron chi connectivity index (χ0n) is 17.8. The normalized spacial score (nSPS) is 12.8. The van der Waals surface area contributed by atoms with Crippen molar-refractivity contribution in [3.63, 3.8) is 0 Å². The van der Waals surface area contributed by atoms with E-state index in [9.17, 15) is 4.79 Å². The van der Waals surface area contributed by atoms with Gasteiger partial charge in [0.1, 0.15) is 11.5 Å². The molecule has 0 fully saturated rings. The Labute approximate surface area is 185 Å². The summed E-state index contributed by atoms with van der Waals surface area (Å²) in [5.41, 5.74) is 11.7. The number of methoxy groups -OCH3 is 2. The van der Waals surface area contributed by atoms with E-state index in [1.54, 1.807) is 31.5 Å². The predicted octanol–water partition coefficient (Wildman–Crippen LogP) is 4.05. The number of nitrogens with two attached hydrogens (primary N) is 1. The molecule has 0 spiro atoms. The van der Waals surface area contributed by atoms with Crippen LogP contribution in [0.25, 0.3) is 22.0 Å². The van der Waals surface area contributed by atoms with E-state index in [0.29, 0.717) is 35.8 Å². The SMILES string of the molecule is COc1ccc(CN2Cc3nc4c(-c5cncc(OC)c5)cccc4c(N)c3C2=O)cc1. The molecule has 2 aromatic heterocycles. The van der Waals surface area contributed by atoms with Crippen molar-refractivity contribution in [3.8, 4) is 22.6 Å². The largest absolute Gasteiger partial charge is 0.497 e. The van der Waals surface area contributed by atoms with E-state index in [-0.39, 0.29) is 5.91 Å². The molecule has 0 bridgehead atoms. The molecule has 0 saturated carbocycles. The molecular formula is C25H22N4O3. The summed E-state index contributed by atoms with van der Waals surface area (Å²) in [6.07, 6.45) is 3.42. The van der Waals surface area contributed by atoms with Crippen molar-refractivity contribution in [3.05, 3.63) is 77.7 Å². The number of para-hydroxylation sites is 1. The van der Waals surface area contributed by atoms with Crippen LogP contribution in [0, 0.1) is 0 Å². The van der Waals surface area contributed by atoms with E-state index in [2.05, 4.69) is 4.98 Å². The Morgan fingerprint density at radius 1 is 1.03 bits per heavy atom. The Hall–Kier alpha value is -4.13. The Morgan fingerprint density at radius 2 is 1.81 bits per heavy atom. The number of hydrogen-bond donors (Lipinski definition) is 1. The molecule has 3 heterocycles. The Kier molecular flexibility index (Phi) is 4.86. The van der Waals surface area contributed by atoms with Gasteiger partial charge in [-0.05, 0) is 23.8 Å². The molecule has 0 unspecified atom stereocenters. The van der Waals surface area contributed by atoms with Gasteiger partial charge in [-0.2, -0.15) is 0 Å². The molecule has 5 rings (SSSR count). The fourth-order valence-corrected chi connectivity index (χ4v) is 4.12. The van der Waals surface area contributed by atoms with Crippen molar-refractivity contribution in [2.24, 2.45) is 0 Å². The number of aromatic nitrogens is 2. The van der Waals surface area contributed by atoms with Crippen LogP contribution in [-0.4, -0.2) is 35.0 Å². The Bertz CT molecular complexity index is 1340. The molecule has 2 N–H and O–H groups in total. The summed E-state index contributed by atoms with van der Waals surface area (Å²) in [6.45, 7) is 0.882. The Morgan fingerprint density at radius 3 is 2.56 bits per heavy atom. The first-order valence-electron chi connectivity index (χ1n) is 10.2. The number of fused-ring (bicyclic) bond motifs is 2. The van der Waals surface area contributed by atoms with Crippen molar-refractivity contribution < 1.29 is 14.3 Å². The highest BCUT2D eigenvalue weighted by molar-refractivity contribution is 6.11. The summed E-state index contributed by atoms with van der Waals surface area (Å²) in [5.74, 6) is 1.34. The molecule has 2 aromatic carbocycles. The van der Waals surface area contributed by atoms with E-state index in [1.165, 1.54) is 0 Å². The van der Waals surface area contributed by atoms with Crippen LogP contribution in [0.3, 0.4) is 0 Å². The molecule has 7 heteroatoms. The van der Waals surface area contributed by atoms with Gasteiger partial charge in [-0.1, -0.05) is 30.3 Å². The van der Waals surface area contributed by atoms with Crippen molar-refractivity contribution in [2.45, 2.75) is 13.1 Å². The summed E-state index contributed by atoms with van der Waals surface area (Å²) in [5, 5.41) is 0.753. The molecule has 1 aliphatic rings. The van der Waals surface area contributed by atoms with Gasteiger partial charge in [-0.15, -0.1) is 0 Å². The number of anilines is 1. The zero-order chi connectivity index (χ0) is 22.2. The van der Waals surface area contributed by atoms with Crippen LogP contribution in [0.1, 0.15) is 21.6 Å². The molecule has 4 aromatic rings. The number of rotatable bonds is 5. The second-order valence-electron chi connectivity index (χ2n) is 7.67. The number of nitrogen functional groups attached to an aromatic ring is 1. The summed E-state index contributed by atoms with van der Waals surface area (Å²) in [6, 6.07) is 15.4. The van der Waals surface area contributed by atoms with Crippen LogP contribution in [0.2, 0.25) is 0 Å². The van der Waals surface area contributed by atoms with E-state index in [1.807, 2.05) is 48.5 Å². The third-order valence-corrected chi connectivity index (χ3v) is 5.76. The standard InChI is InChI=1S/C25H22N4O3/c1-31-17-8-6-15(7-9-17)13-29-14-21-22(25(29)30)23(26)20-5-3-4-19(24(20)28-21)16-10-18(32-2)12-27-11-16/h3-12H,13-14H2,1-2H3,(H2,26,28). The third kappa shape index (κ3) is 3.28. The molecular weight excluding hydrogens is 404 g/mol. The van der Waals surface area contributed by atoms with Crippen molar-refractivity contribution >= 4 is 22.5 Å². The number of carbonyl (C=O) groups is 1. The van der Waals surface area contributed by atoms with Crippen molar-refractivity contribution in [1.29, 1.82) is 0 Å². The number of ether oxygens (including phenoxy) is 2. The van der Waals surface area contributed by atoms with E-state index in [4.69, 9.17) is 20.2 Å². The van der Waals surface area contributed by atoms with Gasteiger partial charge < -0.3 is 20.1 Å². The van der Waals surface area contributed by atoms with E-state index in [0.717, 1.165) is 33.3 Å². The molecule has 0 aliphatic carbocycles. The van der Waals surface area contributed by atoms with Gasteiger partial charge in [0.15, 0.2) is 0 Å². The van der Waals surface area contributed by atoms with Crippen LogP contribution in [0.4, 0.5) is 5.69 Å². The molecule has 0 radical (unpaired) electrons. The quantitative estimate of drug-likeness (QED) is 0.518. The number of pyridine rings is 2. The number of amides is 1. The highest BCUT2D eigenvalue weighted by atomic mass is 16.5. The maximum Gasteiger partial charge on any atom is 0.258 e. The van der Waals surface area contributed by atoms with Gasteiger partial charge in [-0.25, -0.2) is 4.98 Å². The first-order valence-corrected chi connectivity index (χ1v) is 10.2. The van der Waals surface area contributed by atoms with Gasteiger partial charge in [0.25, 0.3) is 5.91 Å². The van der Waals surface area contributed by atoms with Gasteiger partial charge in [0, 0.05) is 29.3 Å². The highest BCUT2D eigenvalue weighted by Crippen LogP contribution is 2.37. The van der Waals surface area contributed by atoms with Crippen LogP contribution >= 0.6 is 0 Å². The molecule has 1 amide bonds. The van der Waals surface area contributed by atoms with Gasteiger partial charge >= 0.3 is 0 Å². The minimum absolute atomic E-state index is 0.101. The average Bonchev–Trinajstić information content (AvgIpc) is 3.14. The second kappa shape index (κ2) is 7.85. The molecule has 32 heavy (non-hydrogen) atoms. The van der Waals surface area contributed by atoms with E-state index < -0.39 is 0 Å². The Balaban J connectivity index is 1.55. The summed E-state index contributed by atoms with van der Waals surface area (Å²) >= 11 is 0. The molecule has 160 valence electrons. The monoisotopic (exact) mass is 426 g/mol. The predicted molar refractivity (Wildman–Crippen MR) is 123 cm³/mol.